The molecule has 2 atom stereocenters. The van der Waals surface area contributed by atoms with E-state index in [0.29, 0.717) is 6.42 Å². The van der Waals surface area contributed by atoms with E-state index in [4.69, 9.17) is 9.47 Å². The molecule has 7 nitrogen and oxygen atoms in total. The fourth-order valence-electron chi connectivity index (χ4n) is 4.15. The van der Waals surface area contributed by atoms with Gasteiger partial charge < -0.3 is 24.8 Å². The van der Waals surface area contributed by atoms with Crippen LogP contribution in [0.5, 0.6) is 0 Å². The lowest BCUT2D eigenvalue weighted by atomic mass is 10.0. The highest BCUT2D eigenvalue weighted by Crippen LogP contribution is 2.15. The number of hydrogen-bond acceptors (Lipinski definition) is 5. The van der Waals surface area contributed by atoms with Crippen molar-refractivity contribution >= 4 is 12.2 Å². The number of nitrogens with one attached hydrogen (secondary N) is 1. The number of aliphatic hydroxyl groups excluding tert-OH is 1. The first-order valence-electron chi connectivity index (χ1n) is 13.4. The van der Waals surface area contributed by atoms with E-state index in [1.807, 2.05) is 84.9 Å². The van der Waals surface area contributed by atoms with E-state index in [9.17, 15) is 14.7 Å². The molecule has 0 spiro atoms. The molecule has 0 saturated heterocycles. The molecule has 3 rings (SSSR count). The number of benzene rings is 3. The maximum Gasteiger partial charge on any atom is 0.410 e. The summed E-state index contributed by atoms with van der Waals surface area (Å²) in [6, 6.07) is 26.3. The minimum atomic E-state index is -1.09. The molecule has 0 heterocycles. The van der Waals surface area contributed by atoms with E-state index < -0.39 is 29.9 Å². The van der Waals surface area contributed by atoms with Gasteiger partial charge in [-0.2, -0.15) is 0 Å². The van der Waals surface area contributed by atoms with Crippen LogP contribution in [0.4, 0.5) is 9.59 Å². The molecule has 3 aromatic rings. The third kappa shape index (κ3) is 10.4. The number of amides is 2. The van der Waals surface area contributed by atoms with E-state index in [0.717, 1.165) is 28.7 Å². The molecular weight excluding hydrogens is 492 g/mol. The van der Waals surface area contributed by atoms with Crippen LogP contribution < -0.4 is 5.32 Å². The van der Waals surface area contributed by atoms with E-state index in [1.54, 1.807) is 20.8 Å². The third-order valence-corrected chi connectivity index (χ3v) is 6.11. The average molecular weight is 533 g/mol. The van der Waals surface area contributed by atoms with Gasteiger partial charge in [0.2, 0.25) is 0 Å². The third-order valence-electron chi connectivity index (χ3n) is 6.11. The Kier molecular flexibility index (Phi) is 10.9. The van der Waals surface area contributed by atoms with Crippen LogP contribution >= 0.6 is 0 Å². The van der Waals surface area contributed by atoms with Crippen molar-refractivity contribution in [1.29, 1.82) is 0 Å². The number of nitrogens with zero attached hydrogens (tertiary/aromatic N) is 1. The number of ether oxygens (including phenoxy) is 2. The van der Waals surface area contributed by atoms with Crippen LogP contribution in [0.1, 0.15) is 49.9 Å². The van der Waals surface area contributed by atoms with Crippen LogP contribution in [0, 0.1) is 0 Å². The maximum atomic E-state index is 13.3. The van der Waals surface area contributed by atoms with Crippen LogP contribution in [0.15, 0.2) is 84.9 Å². The molecule has 0 saturated carbocycles. The van der Waals surface area contributed by atoms with Gasteiger partial charge in [-0.25, -0.2) is 9.59 Å². The van der Waals surface area contributed by atoms with Crippen LogP contribution in [0.25, 0.3) is 0 Å². The number of hydrogen-bond donors (Lipinski definition) is 2. The van der Waals surface area contributed by atoms with E-state index in [-0.39, 0.29) is 19.7 Å². The van der Waals surface area contributed by atoms with E-state index >= 15 is 0 Å². The van der Waals surface area contributed by atoms with Gasteiger partial charge in [-0.15, -0.1) is 0 Å². The van der Waals surface area contributed by atoms with Crippen LogP contribution in [0.2, 0.25) is 0 Å². The minimum Gasteiger partial charge on any atom is -0.445 e. The van der Waals surface area contributed by atoms with Gasteiger partial charge in [-0.05, 0) is 55.9 Å². The first-order chi connectivity index (χ1) is 18.6. The topological polar surface area (TPSA) is 88.1 Å². The van der Waals surface area contributed by atoms with Gasteiger partial charge in [-0.3, -0.25) is 0 Å². The number of alkyl carbamates (subject to hydrolysis) is 1. The van der Waals surface area contributed by atoms with Gasteiger partial charge in [0.05, 0.1) is 18.7 Å². The zero-order chi connectivity index (χ0) is 28.3. The molecule has 0 radical (unpaired) electrons. The SMILES string of the molecule is CCc1cccc(CN(C[C@@H](O)[C@H](Cc2ccccc2)NC(=O)OC(C)(C)C)C(=O)OCc2ccccc2)c1. The summed E-state index contributed by atoms with van der Waals surface area (Å²) >= 11 is 0. The normalized spacial score (nSPS) is 12.7. The average Bonchev–Trinajstić information content (AvgIpc) is 2.91. The van der Waals surface area contributed by atoms with E-state index in [1.165, 1.54) is 4.90 Å². The number of aryl methyl sites for hydroxylation is 1. The zero-order valence-corrected chi connectivity index (χ0v) is 23.3. The molecule has 0 fully saturated rings. The molecule has 2 amide bonds. The van der Waals surface area contributed by atoms with Crippen molar-refractivity contribution in [2.75, 3.05) is 6.54 Å². The van der Waals surface area contributed by atoms with Gasteiger partial charge in [-0.1, -0.05) is 91.9 Å². The van der Waals surface area contributed by atoms with Crippen molar-refractivity contribution in [3.05, 3.63) is 107 Å². The van der Waals surface area contributed by atoms with Crippen LogP contribution in [0.3, 0.4) is 0 Å². The second-order valence-corrected chi connectivity index (χ2v) is 10.6. The summed E-state index contributed by atoms with van der Waals surface area (Å²) in [7, 11) is 0. The van der Waals surface area contributed by atoms with Gasteiger partial charge in [0.25, 0.3) is 0 Å². The highest BCUT2D eigenvalue weighted by molar-refractivity contribution is 5.69. The van der Waals surface area contributed by atoms with E-state index in [2.05, 4.69) is 12.2 Å². The summed E-state index contributed by atoms with van der Waals surface area (Å²) in [6.07, 6.45) is -1.03. The summed E-state index contributed by atoms with van der Waals surface area (Å²) in [5.41, 5.74) is 3.20. The Morgan fingerprint density at radius 3 is 2.08 bits per heavy atom. The summed E-state index contributed by atoms with van der Waals surface area (Å²) < 4.78 is 11.1. The predicted octanol–water partition coefficient (Wildman–Crippen LogP) is 5.88. The first kappa shape index (κ1) is 29.7. The second-order valence-electron chi connectivity index (χ2n) is 10.6. The quantitative estimate of drug-likeness (QED) is 0.322. The fourth-order valence-corrected chi connectivity index (χ4v) is 4.15. The second kappa shape index (κ2) is 14.4. The molecular formula is C32H40N2O5. The molecule has 7 heteroatoms. The molecule has 0 aliphatic heterocycles. The lowest BCUT2D eigenvalue weighted by molar-refractivity contribution is 0.0327. The van der Waals surface area contributed by atoms with Crippen molar-refractivity contribution in [3.8, 4) is 0 Å². The monoisotopic (exact) mass is 532 g/mol. The molecule has 39 heavy (non-hydrogen) atoms. The largest absolute Gasteiger partial charge is 0.445 e. The fraction of sp³-hybridized carbons (Fsp3) is 0.375. The molecule has 0 aliphatic rings. The van der Waals surface area contributed by atoms with Crippen molar-refractivity contribution < 1.29 is 24.2 Å². The Hall–Kier alpha value is -3.84. The smallest absolute Gasteiger partial charge is 0.410 e. The highest BCUT2D eigenvalue weighted by Gasteiger charge is 2.29. The molecule has 0 bridgehead atoms. The molecule has 0 aromatic heterocycles. The van der Waals surface area contributed by atoms with Crippen molar-refractivity contribution in [2.45, 2.75) is 71.4 Å². The van der Waals surface area contributed by atoms with Gasteiger partial charge in [0.1, 0.15) is 12.2 Å². The lowest BCUT2D eigenvalue weighted by Gasteiger charge is -2.31. The number of aliphatic hydroxyl groups is 1. The van der Waals surface area contributed by atoms with Crippen LogP contribution in [-0.4, -0.2) is 46.5 Å². The van der Waals surface area contributed by atoms with Gasteiger partial charge in [0, 0.05) is 6.54 Å². The summed E-state index contributed by atoms with van der Waals surface area (Å²) in [6.45, 7) is 7.74. The molecule has 3 aromatic carbocycles. The zero-order valence-electron chi connectivity index (χ0n) is 23.3. The minimum absolute atomic E-state index is 0.0444. The number of rotatable bonds is 11. The van der Waals surface area contributed by atoms with Crippen molar-refractivity contribution in [2.24, 2.45) is 0 Å². The molecule has 0 unspecified atom stereocenters. The van der Waals surface area contributed by atoms with Crippen LogP contribution in [-0.2, 0) is 35.5 Å². The van der Waals surface area contributed by atoms with Crippen molar-refractivity contribution in [1.82, 2.24) is 10.2 Å². The number of carbonyl (C=O) groups is 2. The lowest BCUT2D eigenvalue weighted by Crippen LogP contribution is -2.51. The van der Waals surface area contributed by atoms with Gasteiger partial charge >= 0.3 is 12.2 Å². The predicted molar refractivity (Wildman–Crippen MR) is 152 cm³/mol. The summed E-state index contributed by atoms with van der Waals surface area (Å²) in [4.78, 5) is 27.4. The Morgan fingerprint density at radius 1 is 0.872 bits per heavy atom. The van der Waals surface area contributed by atoms with Crippen molar-refractivity contribution in [3.63, 3.8) is 0 Å². The molecule has 2 N–H and O–H groups in total. The maximum absolute atomic E-state index is 13.3. The standard InChI is InChI=1S/C32H40N2O5/c1-5-24-17-12-18-27(19-24)21-34(31(37)38-23-26-15-10-7-11-16-26)22-29(35)28(20-25-13-8-6-9-14-25)33-30(36)39-32(2,3)4/h6-19,28-29,35H,5,20-23H2,1-4H3,(H,33,36)/t28-,29+/m0/s1. The Labute approximate surface area is 231 Å². The van der Waals surface area contributed by atoms with Gasteiger partial charge in [0.15, 0.2) is 0 Å². The highest BCUT2D eigenvalue weighted by atomic mass is 16.6. The Balaban J connectivity index is 1.80. The number of carbonyl (C=O) groups excluding carboxylic acids is 2. The Morgan fingerprint density at radius 2 is 1.46 bits per heavy atom. The first-order valence-corrected chi connectivity index (χ1v) is 13.4. The Bertz CT molecular complexity index is 1180. The molecule has 208 valence electrons. The molecule has 0 aliphatic carbocycles. The summed E-state index contributed by atoms with van der Waals surface area (Å²) in [5.74, 6) is 0. The summed E-state index contributed by atoms with van der Waals surface area (Å²) in [5, 5.41) is 14.2.